The maximum atomic E-state index is 13.1. The Morgan fingerprint density at radius 2 is 1.79 bits per heavy atom. The zero-order valence-electron chi connectivity index (χ0n) is 18.8. The fourth-order valence-electron chi connectivity index (χ4n) is 2.86. The molecular formula is C22H26Cl3N3O5S. The molecule has 0 fully saturated rings. The van der Waals surface area contributed by atoms with Gasteiger partial charge in [0.2, 0.25) is 13.8 Å². The summed E-state index contributed by atoms with van der Waals surface area (Å²) in [7, 11) is -2.66. The summed E-state index contributed by atoms with van der Waals surface area (Å²) in [5.41, 5.74) is 8.06. The second-order valence-electron chi connectivity index (χ2n) is 7.82. The number of ether oxygens (including phenoxy) is 1. The maximum absolute atomic E-state index is 13.1. The number of aromatic hydroxyl groups is 1. The summed E-state index contributed by atoms with van der Waals surface area (Å²) in [5.74, 6) is -0.401. The van der Waals surface area contributed by atoms with Crippen LogP contribution in [0.15, 0.2) is 52.4 Å². The van der Waals surface area contributed by atoms with Crippen molar-refractivity contribution in [3.63, 3.8) is 0 Å². The highest BCUT2D eigenvalue weighted by Gasteiger charge is 2.26. The second-order valence-corrected chi connectivity index (χ2v) is 12.4. The lowest BCUT2D eigenvalue weighted by molar-refractivity contribution is 0.159. The van der Waals surface area contributed by atoms with E-state index in [1.807, 2.05) is 24.3 Å². The van der Waals surface area contributed by atoms with Gasteiger partial charge in [-0.05, 0) is 41.7 Å². The summed E-state index contributed by atoms with van der Waals surface area (Å²) in [4.78, 5) is 14.9. The summed E-state index contributed by atoms with van der Waals surface area (Å²) in [6.07, 6.45) is -0.644. The Bertz CT molecular complexity index is 1150. The molecule has 186 valence electrons. The van der Waals surface area contributed by atoms with Crippen LogP contribution in [0.2, 0.25) is 0 Å². The summed E-state index contributed by atoms with van der Waals surface area (Å²) in [6, 6.07) is 11.6. The van der Waals surface area contributed by atoms with Gasteiger partial charge in [-0.1, -0.05) is 72.9 Å². The molecule has 0 aromatic heterocycles. The summed E-state index contributed by atoms with van der Waals surface area (Å²) in [5, 5.41) is 10.2. The van der Waals surface area contributed by atoms with Crippen molar-refractivity contribution in [3.8, 4) is 5.75 Å². The molecule has 0 radical (unpaired) electrons. The van der Waals surface area contributed by atoms with Crippen LogP contribution >= 0.6 is 34.8 Å². The van der Waals surface area contributed by atoms with Crippen LogP contribution in [0, 0.1) is 0 Å². The monoisotopic (exact) mass is 549 g/mol. The smallest absolute Gasteiger partial charge is 0.435 e. The highest BCUT2D eigenvalue weighted by Crippen LogP contribution is 2.27. The number of amidine groups is 1. The Morgan fingerprint density at radius 3 is 2.35 bits per heavy atom. The van der Waals surface area contributed by atoms with Crippen molar-refractivity contribution in [1.82, 2.24) is 4.31 Å². The first-order valence-corrected chi connectivity index (χ1v) is 12.7. The van der Waals surface area contributed by atoms with Gasteiger partial charge in [0.05, 0.1) is 0 Å². The van der Waals surface area contributed by atoms with Crippen LogP contribution < -0.4 is 5.73 Å². The van der Waals surface area contributed by atoms with Crippen LogP contribution in [-0.2, 0) is 21.2 Å². The van der Waals surface area contributed by atoms with Gasteiger partial charge in [0, 0.05) is 19.2 Å². The molecule has 0 saturated carbocycles. The van der Waals surface area contributed by atoms with Gasteiger partial charge in [0.25, 0.3) is 0 Å². The molecule has 0 heterocycles. The average Bonchev–Trinajstić information content (AvgIpc) is 2.75. The van der Waals surface area contributed by atoms with E-state index in [0.717, 1.165) is 22.0 Å². The van der Waals surface area contributed by atoms with E-state index in [1.54, 1.807) is 0 Å². The minimum atomic E-state index is -4.07. The number of nitrogens with zero attached hydrogens (tertiary/aromatic N) is 2. The van der Waals surface area contributed by atoms with Gasteiger partial charge < -0.3 is 15.6 Å². The van der Waals surface area contributed by atoms with Gasteiger partial charge in [-0.3, -0.25) is 0 Å². The zero-order chi connectivity index (χ0) is 25.7. The van der Waals surface area contributed by atoms with E-state index in [-0.39, 0.29) is 22.8 Å². The molecule has 0 unspecified atom stereocenters. The highest BCUT2D eigenvalue weighted by molar-refractivity contribution is 7.89. The number of nitrogens with two attached hydrogens (primary N) is 1. The van der Waals surface area contributed by atoms with Crippen molar-refractivity contribution in [2.24, 2.45) is 10.7 Å². The Kier molecular flexibility index (Phi) is 9.62. The lowest BCUT2D eigenvalue weighted by atomic mass is 10.0. The molecule has 0 spiro atoms. The number of hydrogen-bond donors (Lipinski definition) is 2. The number of aliphatic imine (C=N–C) groups is 1. The molecule has 2 aromatic carbocycles. The zero-order valence-corrected chi connectivity index (χ0v) is 21.9. The molecular weight excluding hydrogens is 525 g/mol. The topological polar surface area (TPSA) is 122 Å². The Hall–Kier alpha value is -2.04. The van der Waals surface area contributed by atoms with Crippen molar-refractivity contribution in [1.29, 1.82) is 0 Å². The number of hydrogen-bond acceptors (Lipinski definition) is 5. The van der Waals surface area contributed by atoms with E-state index in [1.165, 1.54) is 18.7 Å². The number of carbonyl (C=O) groups excluding carboxylic acids is 1. The van der Waals surface area contributed by atoms with Crippen LogP contribution in [0.4, 0.5) is 4.79 Å². The average molecular weight is 551 g/mol. The summed E-state index contributed by atoms with van der Waals surface area (Å²) < 4.78 is 30.1. The van der Waals surface area contributed by atoms with Crippen LogP contribution in [0.3, 0.4) is 0 Å². The lowest BCUT2D eigenvalue weighted by Crippen LogP contribution is -2.29. The predicted molar refractivity (Wildman–Crippen MR) is 135 cm³/mol. The number of likely N-dealkylation sites (N-methyl/N-ethyl adjacent to an activating group) is 1. The standard InChI is InChI=1S/C22H26Cl3N3O5S/c1-14(2)16-6-4-15(5-7-16)10-11-28(3)34(31,32)19-12-17(8-9-18(19)29)20(26)27-21(30)33-13-22(23,24)25/h4-9,12,14,29H,10-11,13H2,1-3H3,(H2,26,27,30). The molecule has 34 heavy (non-hydrogen) atoms. The molecule has 0 atom stereocenters. The molecule has 2 rings (SSSR count). The number of rotatable bonds is 8. The number of carbonyl (C=O) groups is 1. The normalized spacial score (nSPS) is 12.9. The number of phenols is 1. The number of benzene rings is 2. The van der Waals surface area contributed by atoms with E-state index >= 15 is 0 Å². The first kappa shape index (κ1) is 28.2. The predicted octanol–water partition coefficient (Wildman–Crippen LogP) is 4.59. The van der Waals surface area contributed by atoms with Gasteiger partial charge in [0.1, 0.15) is 23.1 Å². The first-order chi connectivity index (χ1) is 15.7. The van der Waals surface area contributed by atoms with Crippen LogP contribution in [0.1, 0.15) is 36.5 Å². The van der Waals surface area contributed by atoms with Crippen LogP contribution in [0.5, 0.6) is 5.75 Å². The minimum Gasteiger partial charge on any atom is -0.507 e. The van der Waals surface area contributed by atoms with E-state index in [2.05, 4.69) is 23.6 Å². The molecule has 8 nitrogen and oxygen atoms in total. The molecule has 0 aliphatic heterocycles. The highest BCUT2D eigenvalue weighted by atomic mass is 35.6. The van der Waals surface area contributed by atoms with Gasteiger partial charge in [0.15, 0.2) is 0 Å². The number of sulfonamides is 1. The van der Waals surface area contributed by atoms with Crippen molar-refractivity contribution >= 4 is 56.8 Å². The number of halogens is 3. The largest absolute Gasteiger partial charge is 0.507 e. The van der Waals surface area contributed by atoms with Crippen molar-refractivity contribution in [2.75, 3.05) is 20.2 Å². The van der Waals surface area contributed by atoms with Gasteiger partial charge in [-0.2, -0.15) is 4.99 Å². The third-order valence-corrected chi connectivity index (χ3v) is 7.09. The maximum Gasteiger partial charge on any atom is 0.435 e. The molecule has 0 saturated heterocycles. The Labute approximate surface area is 214 Å². The van der Waals surface area contributed by atoms with E-state index < -0.39 is 32.3 Å². The SMILES string of the molecule is CC(C)c1ccc(CCN(C)S(=O)(=O)c2cc(C(N)=NC(=O)OCC(Cl)(Cl)Cl)ccc2O)cc1. The first-order valence-electron chi connectivity index (χ1n) is 10.2. The number of phenolic OH excluding ortho intramolecular Hbond substituents is 1. The molecule has 3 N–H and O–H groups in total. The molecule has 0 bridgehead atoms. The van der Waals surface area contributed by atoms with Crippen LogP contribution in [-0.4, -0.2) is 53.8 Å². The molecule has 0 aliphatic rings. The number of alkyl halides is 3. The van der Waals surface area contributed by atoms with Gasteiger partial charge >= 0.3 is 6.09 Å². The summed E-state index contributed by atoms with van der Waals surface area (Å²) >= 11 is 16.5. The Morgan fingerprint density at radius 1 is 1.18 bits per heavy atom. The van der Waals surface area contributed by atoms with Crippen LogP contribution in [0.25, 0.3) is 0 Å². The lowest BCUT2D eigenvalue weighted by Gasteiger charge is -2.18. The third-order valence-electron chi connectivity index (χ3n) is 4.88. The van der Waals surface area contributed by atoms with Crippen molar-refractivity contribution < 1.29 is 23.1 Å². The van der Waals surface area contributed by atoms with E-state index in [4.69, 9.17) is 40.5 Å². The summed E-state index contributed by atoms with van der Waals surface area (Å²) in [6.45, 7) is 3.83. The minimum absolute atomic E-state index is 0.0832. The Balaban J connectivity index is 2.17. The number of amides is 1. The van der Waals surface area contributed by atoms with Gasteiger partial charge in [-0.25, -0.2) is 17.5 Å². The molecule has 1 amide bonds. The van der Waals surface area contributed by atoms with Crippen molar-refractivity contribution in [2.45, 2.75) is 34.9 Å². The molecule has 2 aromatic rings. The van der Waals surface area contributed by atoms with E-state index in [9.17, 15) is 18.3 Å². The fraction of sp³-hybridized carbons (Fsp3) is 0.364. The van der Waals surface area contributed by atoms with Gasteiger partial charge in [-0.15, -0.1) is 0 Å². The fourth-order valence-corrected chi connectivity index (χ4v) is 4.30. The third kappa shape index (κ3) is 8.02. The second kappa shape index (κ2) is 11.6. The van der Waals surface area contributed by atoms with Crippen molar-refractivity contribution in [3.05, 3.63) is 59.2 Å². The van der Waals surface area contributed by atoms with E-state index in [0.29, 0.717) is 12.3 Å². The molecule has 0 aliphatic carbocycles. The molecule has 12 heteroatoms. The quantitative estimate of drug-likeness (QED) is 0.282.